The zero-order chi connectivity index (χ0) is 19.8. The van der Waals surface area contributed by atoms with E-state index >= 15 is 0 Å². The van der Waals surface area contributed by atoms with E-state index in [1.807, 2.05) is 31.2 Å². The van der Waals surface area contributed by atoms with Crippen molar-refractivity contribution in [2.75, 3.05) is 10.1 Å². The van der Waals surface area contributed by atoms with Gasteiger partial charge >= 0.3 is 0 Å². The number of rotatable bonds is 4. The number of benzene rings is 2. The Balaban J connectivity index is 1.77. The van der Waals surface area contributed by atoms with Crippen molar-refractivity contribution in [2.45, 2.75) is 20.4 Å². The third kappa shape index (κ3) is 3.99. The van der Waals surface area contributed by atoms with Gasteiger partial charge in [0.1, 0.15) is 0 Å². The van der Waals surface area contributed by atoms with Crippen molar-refractivity contribution in [3.8, 4) is 0 Å². The first-order valence-electron chi connectivity index (χ1n) is 8.39. The molecular weight excluding hydrogens is 388 g/mol. The van der Waals surface area contributed by atoms with Crippen LogP contribution < -0.4 is 9.62 Å². The smallest absolute Gasteiger partial charge is 0.253 e. The van der Waals surface area contributed by atoms with E-state index in [2.05, 4.69) is 5.32 Å². The standard InChI is InChI=1S/C19H19ClN2O4S/c1-12-3-5-14(6-4-12)10-21-18(23)16-8-7-15(9-17(16)20)22-19(24)13(2)11-27(22,25)26/h3-9,13H,10-11H2,1-2H3,(H,21,23)/t13-/m0/s1. The number of hydrogen-bond donors (Lipinski definition) is 1. The summed E-state index contributed by atoms with van der Waals surface area (Å²) in [6.45, 7) is 3.89. The molecule has 1 fully saturated rings. The lowest BCUT2D eigenvalue weighted by atomic mass is 10.1. The van der Waals surface area contributed by atoms with E-state index < -0.39 is 21.8 Å². The van der Waals surface area contributed by atoms with Crippen molar-refractivity contribution in [3.63, 3.8) is 0 Å². The molecular formula is C19H19ClN2O4S. The number of halogens is 1. The maximum atomic E-state index is 12.4. The molecule has 0 aromatic heterocycles. The quantitative estimate of drug-likeness (QED) is 0.846. The molecule has 0 saturated carbocycles. The lowest BCUT2D eigenvalue weighted by Crippen LogP contribution is -2.30. The lowest BCUT2D eigenvalue weighted by Gasteiger charge is -2.16. The van der Waals surface area contributed by atoms with Gasteiger partial charge in [0.15, 0.2) is 0 Å². The topological polar surface area (TPSA) is 83.6 Å². The molecule has 6 nitrogen and oxygen atoms in total. The summed E-state index contributed by atoms with van der Waals surface area (Å²) in [6.07, 6.45) is 0. The third-order valence-electron chi connectivity index (χ3n) is 4.37. The molecule has 1 heterocycles. The molecule has 2 aromatic carbocycles. The number of carbonyl (C=O) groups excluding carboxylic acids is 2. The monoisotopic (exact) mass is 406 g/mol. The molecule has 1 saturated heterocycles. The van der Waals surface area contributed by atoms with Crippen molar-refractivity contribution < 1.29 is 18.0 Å². The molecule has 1 aliphatic rings. The Morgan fingerprint density at radius 1 is 1.22 bits per heavy atom. The van der Waals surface area contributed by atoms with Crippen LogP contribution in [0.1, 0.15) is 28.4 Å². The maximum Gasteiger partial charge on any atom is 0.253 e. The molecule has 0 unspecified atom stereocenters. The number of amides is 2. The van der Waals surface area contributed by atoms with E-state index in [1.165, 1.54) is 18.2 Å². The van der Waals surface area contributed by atoms with Gasteiger partial charge in [0.2, 0.25) is 15.9 Å². The fourth-order valence-corrected chi connectivity index (χ4v) is 4.96. The van der Waals surface area contributed by atoms with Crippen molar-refractivity contribution >= 4 is 39.1 Å². The number of aryl methyl sites for hydroxylation is 1. The molecule has 0 bridgehead atoms. The number of nitrogens with zero attached hydrogens (tertiary/aromatic N) is 1. The summed E-state index contributed by atoms with van der Waals surface area (Å²) >= 11 is 6.19. The number of carbonyl (C=O) groups is 2. The first kappa shape index (κ1) is 19.4. The fourth-order valence-electron chi connectivity index (χ4n) is 2.88. The minimum Gasteiger partial charge on any atom is -0.348 e. The minimum atomic E-state index is -3.71. The van der Waals surface area contributed by atoms with Crippen molar-refractivity contribution in [3.05, 3.63) is 64.2 Å². The fraction of sp³-hybridized carbons (Fsp3) is 0.263. The zero-order valence-corrected chi connectivity index (χ0v) is 16.5. The van der Waals surface area contributed by atoms with E-state index in [9.17, 15) is 18.0 Å². The Morgan fingerprint density at radius 2 is 1.89 bits per heavy atom. The van der Waals surface area contributed by atoms with E-state index in [0.29, 0.717) is 6.54 Å². The van der Waals surface area contributed by atoms with Crippen LogP contribution in [0.2, 0.25) is 5.02 Å². The summed E-state index contributed by atoms with van der Waals surface area (Å²) < 4.78 is 25.1. The Kier molecular flexibility index (Phi) is 5.26. The average molecular weight is 407 g/mol. The van der Waals surface area contributed by atoms with Gasteiger partial charge < -0.3 is 5.32 Å². The van der Waals surface area contributed by atoms with Gasteiger partial charge in [0, 0.05) is 6.54 Å². The molecule has 0 radical (unpaired) electrons. The van der Waals surface area contributed by atoms with Gasteiger partial charge in [0.25, 0.3) is 5.91 Å². The summed E-state index contributed by atoms with van der Waals surface area (Å²) in [5.41, 5.74) is 2.43. The van der Waals surface area contributed by atoms with Crippen LogP contribution in [0.15, 0.2) is 42.5 Å². The minimum absolute atomic E-state index is 0.0801. The van der Waals surface area contributed by atoms with Gasteiger partial charge in [-0.3, -0.25) is 9.59 Å². The van der Waals surface area contributed by atoms with E-state index in [1.54, 1.807) is 6.92 Å². The molecule has 0 spiro atoms. The lowest BCUT2D eigenvalue weighted by molar-refractivity contribution is -0.119. The predicted octanol–water partition coefficient (Wildman–Crippen LogP) is 2.89. The highest BCUT2D eigenvalue weighted by Crippen LogP contribution is 2.31. The number of nitrogens with one attached hydrogen (secondary N) is 1. The highest BCUT2D eigenvalue weighted by Gasteiger charge is 2.42. The van der Waals surface area contributed by atoms with Gasteiger partial charge in [-0.15, -0.1) is 0 Å². The molecule has 1 N–H and O–H groups in total. The summed E-state index contributed by atoms with van der Waals surface area (Å²) in [6, 6.07) is 11.9. The Hall–Kier alpha value is -2.38. The van der Waals surface area contributed by atoms with Gasteiger partial charge in [-0.2, -0.15) is 0 Å². The normalized spacial score (nSPS) is 18.6. The molecule has 0 aliphatic carbocycles. The highest BCUT2D eigenvalue weighted by molar-refractivity contribution is 7.94. The number of anilines is 1. The maximum absolute atomic E-state index is 12.4. The molecule has 1 atom stereocenters. The number of hydrogen-bond acceptors (Lipinski definition) is 4. The zero-order valence-electron chi connectivity index (χ0n) is 14.9. The Bertz CT molecular complexity index is 1000. The van der Waals surface area contributed by atoms with E-state index in [-0.39, 0.29) is 27.9 Å². The van der Waals surface area contributed by atoms with Crippen LogP contribution in [0.25, 0.3) is 0 Å². The molecule has 2 amide bonds. The van der Waals surface area contributed by atoms with E-state index in [0.717, 1.165) is 15.4 Å². The van der Waals surface area contributed by atoms with Crippen molar-refractivity contribution in [2.24, 2.45) is 5.92 Å². The second-order valence-electron chi connectivity index (χ2n) is 6.61. The van der Waals surface area contributed by atoms with Crippen LogP contribution in [0.4, 0.5) is 5.69 Å². The summed E-state index contributed by atoms with van der Waals surface area (Å²) in [5, 5.41) is 2.85. The van der Waals surface area contributed by atoms with Crippen LogP contribution in [-0.2, 0) is 21.4 Å². The van der Waals surface area contributed by atoms with Crippen LogP contribution >= 0.6 is 11.6 Å². The van der Waals surface area contributed by atoms with Crippen molar-refractivity contribution in [1.82, 2.24) is 5.32 Å². The van der Waals surface area contributed by atoms with Crippen LogP contribution in [-0.4, -0.2) is 26.0 Å². The van der Waals surface area contributed by atoms with Gasteiger partial charge in [-0.1, -0.05) is 48.4 Å². The van der Waals surface area contributed by atoms with Gasteiger partial charge in [0.05, 0.1) is 27.9 Å². The highest BCUT2D eigenvalue weighted by atomic mass is 35.5. The molecule has 2 aromatic rings. The van der Waals surface area contributed by atoms with E-state index in [4.69, 9.17) is 11.6 Å². The summed E-state index contributed by atoms with van der Waals surface area (Å²) in [5.74, 6) is -1.72. The molecule has 8 heteroatoms. The first-order chi connectivity index (χ1) is 12.7. The SMILES string of the molecule is Cc1ccc(CNC(=O)c2ccc(N3C(=O)[C@@H](C)CS3(=O)=O)cc2Cl)cc1. The summed E-state index contributed by atoms with van der Waals surface area (Å²) in [4.78, 5) is 24.5. The second kappa shape index (κ2) is 7.32. The van der Waals surface area contributed by atoms with Crippen molar-refractivity contribution in [1.29, 1.82) is 0 Å². The average Bonchev–Trinajstić information content (AvgIpc) is 2.81. The second-order valence-corrected chi connectivity index (χ2v) is 8.88. The third-order valence-corrected chi connectivity index (χ3v) is 6.55. The molecule has 1 aliphatic heterocycles. The number of sulfonamides is 1. The van der Waals surface area contributed by atoms with Crippen LogP contribution in [0, 0.1) is 12.8 Å². The predicted molar refractivity (Wildman–Crippen MR) is 104 cm³/mol. The Morgan fingerprint density at radius 3 is 2.44 bits per heavy atom. The van der Waals surface area contributed by atoms with Gasteiger partial charge in [-0.05, 0) is 30.7 Å². The first-order valence-corrected chi connectivity index (χ1v) is 10.4. The largest absolute Gasteiger partial charge is 0.348 e. The molecule has 27 heavy (non-hydrogen) atoms. The molecule has 3 rings (SSSR count). The summed E-state index contributed by atoms with van der Waals surface area (Å²) in [7, 11) is -3.71. The Labute approximate surface area is 163 Å². The van der Waals surface area contributed by atoms with Crippen LogP contribution in [0.3, 0.4) is 0 Å². The van der Waals surface area contributed by atoms with Gasteiger partial charge in [-0.25, -0.2) is 12.7 Å². The molecule has 142 valence electrons. The van der Waals surface area contributed by atoms with Crippen LogP contribution in [0.5, 0.6) is 0 Å².